The van der Waals surface area contributed by atoms with Gasteiger partial charge in [-0.05, 0) is 24.3 Å². The Balaban J connectivity index is 1.95. The Kier molecular flexibility index (Phi) is 3.18. The molecule has 0 aliphatic carbocycles. The third-order valence-corrected chi connectivity index (χ3v) is 1.91. The van der Waals surface area contributed by atoms with Crippen molar-refractivity contribution in [3.05, 3.63) is 48.4 Å². The summed E-state index contributed by atoms with van der Waals surface area (Å²) in [6.07, 6.45) is 3.44. The highest BCUT2D eigenvalue weighted by Crippen LogP contribution is 2.00. The van der Waals surface area contributed by atoms with Crippen LogP contribution in [-0.2, 0) is 11.2 Å². The van der Waals surface area contributed by atoms with Crippen LogP contribution < -0.4 is 5.32 Å². The van der Waals surface area contributed by atoms with Crippen LogP contribution in [0.4, 0.5) is 5.82 Å². The number of anilines is 1. The highest BCUT2D eigenvalue weighted by atomic mass is 16.1. The molecule has 1 N–H and O–H groups in total. The maximum atomic E-state index is 11.6. The Bertz CT molecular complexity index is 414. The summed E-state index contributed by atoms with van der Waals surface area (Å²) in [5, 5.41) is 10.1. The Morgan fingerprint density at radius 1 is 1.19 bits per heavy atom. The zero-order chi connectivity index (χ0) is 11.2. The van der Waals surface area contributed by atoms with Crippen LogP contribution in [0.2, 0.25) is 0 Å². The minimum Gasteiger partial charge on any atom is -0.309 e. The summed E-state index contributed by atoms with van der Waals surface area (Å²) in [7, 11) is 0. The van der Waals surface area contributed by atoms with Crippen LogP contribution >= 0.6 is 0 Å². The maximum Gasteiger partial charge on any atom is 0.231 e. The number of hydrogen-bond acceptors (Lipinski definition) is 4. The number of amides is 1. The van der Waals surface area contributed by atoms with Crippen molar-refractivity contribution in [2.45, 2.75) is 6.42 Å². The molecule has 0 bridgehead atoms. The summed E-state index contributed by atoms with van der Waals surface area (Å²) >= 11 is 0. The van der Waals surface area contributed by atoms with E-state index in [0.29, 0.717) is 5.82 Å². The van der Waals surface area contributed by atoms with Gasteiger partial charge in [0.2, 0.25) is 5.91 Å². The molecule has 1 amide bonds. The normalized spacial score (nSPS) is 9.75. The number of carbonyl (C=O) groups excluding carboxylic acids is 1. The van der Waals surface area contributed by atoms with Gasteiger partial charge in [0.1, 0.15) is 0 Å². The summed E-state index contributed by atoms with van der Waals surface area (Å²) in [5.74, 6) is 0.294. The molecule has 0 aliphatic heterocycles. The number of rotatable bonds is 3. The van der Waals surface area contributed by atoms with E-state index >= 15 is 0 Å². The summed E-state index contributed by atoms with van der Waals surface area (Å²) in [4.78, 5) is 15.6. The molecule has 0 radical (unpaired) electrons. The van der Waals surface area contributed by atoms with Crippen LogP contribution in [-0.4, -0.2) is 21.1 Å². The molecule has 5 nitrogen and oxygen atoms in total. The predicted molar refractivity (Wildman–Crippen MR) is 58.6 cm³/mol. The molecule has 0 atom stereocenters. The van der Waals surface area contributed by atoms with Gasteiger partial charge in [-0.2, -0.15) is 5.10 Å². The summed E-state index contributed by atoms with van der Waals surface area (Å²) in [6.45, 7) is 0. The van der Waals surface area contributed by atoms with E-state index in [1.807, 2.05) is 12.1 Å². The smallest absolute Gasteiger partial charge is 0.231 e. The molecule has 0 aliphatic rings. The molecule has 0 unspecified atom stereocenters. The minimum atomic E-state index is -0.154. The van der Waals surface area contributed by atoms with Crippen LogP contribution in [0.5, 0.6) is 0 Å². The first-order valence-corrected chi connectivity index (χ1v) is 4.82. The fourth-order valence-electron chi connectivity index (χ4n) is 1.22. The van der Waals surface area contributed by atoms with Crippen molar-refractivity contribution in [2.24, 2.45) is 0 Å². The van der Waals surface area contributed by atoms with E-state index in [1.54, 1.807) is 30.6 Å². The topological polar surface area (TPSA) is 67.8 Å². The van der Waals surface area contributed by atoms with Gasteiger partial charge in [-0.25, -0.2) is 0 Å². The molecule has 0 saturated heterocycles. The second kappa shape index (κ2) is 4.97. The lowest BCUT2D eigenvalue weighted by Gasteiger charge is -2.02. The number of hydrogen-bond donors (Lipinski definition) is 1. The van der Waals surface area contributed by atoms with Crippen molar-refractivity contribution in [2.75, 3.05) is 5.32 Å². The molecule has 2 heterocycles. The van der Waals surface area contributed by atoms with Crippen molar-refractivity contribution in [3.8, 4) is 0 Å². The van der Waals surface area contributed by atoms with Crippen molar-refractivity contribution in [1.29, 1.82) is 0 Å². The van der Waals surface area contributed by atoms with Crippen LogP contribution in [0.1, 0.15) is 5.69 Å². The molecule has 2 aromatic rings. The Morgan fingerprint density at radius 2 is 2.12 bits per heavy atom. The fourth-order valence-corrected chi connectivity index (χ4v) is 1.22. The monoisotopic (exact) mass is 214 g/mol. The first-order chi connectivity index (χ1) is 7.84. The Morgan fingerprint density at radius 3 is 2.81 bits per heavy atom. The van der Waals surface area contributed by atoms with E-state index < -0.39 is 0 Å². The first kappa shape index (κ1) is 10.2. The average molecular weight is 214 g/mol. The standard InChI is InChI=1S/C11H10N4O/c16-11(8-9-4-1-2-6-12-9)14-10-5-3-7-13-15-10/h1-7H,8H2,(H,14,15,16). The van der Waals surface area contributed by atoms with Crippen LogP contribution in [0.25, 0.3) is 0 Å². The highest BCUT2D eigenvalue weighted by Gasteiger charge is 2.04. The molecular formula is C11H10N4O. The highest BCUT2D eigenvalue weighted by molar-refractivity contribution is 5.90. The molecule has 0 fully saturated rings. The average Bonchev–Trinajstić information content (AvgIpc) is 2.31. The summed E-state index contributed by atoms with van der Waals surface area (Å²) < 4.78 is 0. The molecule has 80 valence electrons. The van der Waals surface area contributed by atoms with Crippen molar-refractivity contribution in [3.63, 3.8) is 0 Å². The van der Waals surface area contributed by atoms with Gasteiger partial charge in [-0.15, -0.1) is 5.10 Å². The van der Waals surface area contributed by atoms with Gasteiger partial charge < -0.3 is 5.32 Å². The van der Waals surface area contributed by atoms with Crippen molar-refractivity contribution < 1.29 is 4.79 Å². The van der Waals surface area contributed by atoms with E-state index in [4.69, 9.17) is 0 Å². The van der Waals surface area contributed by atoms with E-state index in [-0.39, 0.29) is 12.3 Å². The first-order valence-electron chi connectivity index (χ1n) is 4.82. The molecule has 0 saturated carbocycles. The molecule has 2 rings (SSSR count). The summed E-state index contributed by atoms with van der Waals surface area (Å²) in [6, 6.07) is 8.85. The molecule has 5 heteroatoms. The number of nitrogens with one attached hydrogen (secondary N) is 1. The molecule has 0 spiro atoms. The molecule has 0 aromatic carbocycles. The van der Waals surface area contributed by atoms with Gasteiger partial charge in [0.05, 0.1) is 6.42 Å². The second-order valence-corrected chi connectivity index (χ2v) is 3.15. The molecule has 2 aromatic heterocycles. The Hall–Kier alpha value is -2.30. The van der Waals surface area contributed by atoms with Gasteiger partial charge in [-0.3, -0.25) is 9.78 Å². The lowest BCUT2D eigenvalue weighted by Crippen LogP contribution is -2.16. The van der Waals surface area contributed by atoms with Crippen LogP contribution in [0.3, 0.4) is 0 Å². The number of pyridine rings is 1. The third kappa shape index (κ3) is 2.84. The van der Waals surface area contributed by atoms with Gasteiger partial charge >= 0.3 is 0 Å². The quantitative estimate of drug-likeness (QED) is 0.829. The molecule has 16 heavy (non-hydrogen) atoms. The zero-order valence-corrected chi connectivity index (χ0v) is 8.50. The zero-order valence-electron chi connectivity index (χ0n) is 8.50. The van der Waals surface area contributed by atoms with Gasteiger partial charge in [-0.1, -0.05) is 6.07 Å². The number of aromatic nitrogens is 3. The van der Waals surface area contributed by atoms with Crippen molar-refractivity contribution >= 4 is 11.7 Å². The lowest BCUT2D eigenvalue weighted by atomic mass is 10.2. The maximum absolute atomic E-state index is 11.6. The third-order valence-electron chi connectivity index (χ3n) is 1.91. The molecular weight excluding hydrogens is 204 g/mol. The van der Waals surface area contributed by atoms with Gasteiger partial charge in [0, 0.05) is 18.1 Å². The van der Waals surface area contributed by atoms with Gasteiger partial charge in [0.25, 0.3) is 0 Å². The minimum absolute atomic E-state index is 0.154. The number of nitrogens with zero attached hydrogens (tertiary/aromatic N) is 3. The lowest BCUT2D eigenvalue weighted by molar-refractivity contribution is -0.115. The predicted octanol–water partition coefficient (Wildman–Crippen LogP) is 1.05. The SMILES string of the molecule is O=C(Cc1ccccn1)Nc1cccnn1. The largest absolute Gasteiger partial charge is 0.309 e. The Labute approximate surface area is 92.6 Å². The van der Waals surface area contributed by atoms with Crippen molar-refractivity contribution in [1.82, 2.24) is 15.2 Å². The van der Waals surface area contributed by atoms with E-state index in [0.717, 1.165) is 5.69 Å². The van der Waals surface area contributed by atoms with Crippen LogP contribution in [0.15, 0.2) is 42.7 Å². The fraction of sp³-hybridized carbons (Fsp3) is 0.0909. The van der Waals surface area contributed by atoms with Gasteiger partial charge in [0.15, 0.2) is 5.82 Å². The summed E-state index contributed by atoms with van der Waals surface area (Å²) in [5.41, 5.74) is 0.726. The van der Waals surface area contributed by atoms with E-state index in [1.165, 1.54) is 0 Å². The van der Waals surface area contributed by atoms with E-state index in [9.17, 15) is 4.79 Å². The second-order valence-electron chi connectivity index (χ2n) is 3.15. The number of carbonyl (C=O) groups is 1. The van der Waals surface area contributed by atoms with Crippen LogP contribution in [0, 0.1) is 0 Å². The van der Waals surface area contributed by atoms with E-state index in [2.05, 4.69) is 20.5 Å².